The van der Waals surface area contributed by atoms with E-state index in [0.29, 0.717) is 11.6 Å². The molecule has 2 aromatic rings. The van der Waals surface area contributed by atoms with Crippen molar-refractivity contribution in [2.75, 3.05) is 51.2 Å². The number of aliphatic hydroxyl groups is 1. The van der Waals surface area contributed by atoms with Crippen molar-refractivity contribution in [3.63, 3.8) is 0 Å². The van der Waals surface area contributed by atoms with Crippen molar-refractivity contribution < 1.29 is 10.2 Å². The number of fused-ring (bicyclic) bond motifs is 1. The maximum Gasteiger partial charge on any atom is 0.121 e. The van der Waals surface area contributed by atoms with Crippen LogP contribution in [0.3, 0.4) is 0 Å². The topological polar surface area (TPSA) is 50.2 Å². The lowest BCUT2D eigenvalue weighted by Crippen LogP contribution is -2.52. The fourth-order valence-corrected chi connectivity index (χ4v) is 4.40. The summed E-state index contributed by atoms with van der Waals surface area (Å²) in [5, 5.41) is 21.7. The quantitative estimate of drug-likeness (QED) is 0.884. The first-order valence-corrected chi connectivity index (χ1v) is 9.68. The van der Waals surface area contributed by atoms with Crippen LogP contribution in [0.15, 0.2) is 30.3 Å². The Morgan fingerprint density at radius 1 is 0.962 bits per heavy atom. The first-order valence-electron chi connectivity index (χ1n) is 9.68. The van der Waals surface area contributed by atoms with Gasteiger partial charge in [-0.25, -0.2) is 0 Å². The normalized spacial score (nSPS) is 20.8. The summed E-state index contributed by atoms with van der Waals surface area (Å²) in [4.78, 5) is 7.52. The highest BCUT2D eigenvalue weighted by Crippen LogP contribution is 2.32. The average Bonchev–Trinajstić information content (AvgIpc) is 2.68. The summed E-state index contributed by atoms with van der Waals surface area (Å²) in [7, 11) is 2.21. The van der Waals surface area contributed by atoms with Crippen molar-refractivity contribution in [1.29, 1.82) is 0 Å². The molecule has 0 amide bonds. The van der Waals surface area contributed by atoms with Gasteiger partial charge in [0.15, 0.2) is 0 Å². The maximum atomic E-state index is 10.0. The molecular weight excluding hydrogens is 326 g/mol. The van der Waals surface area contributed by atoms with Gasteiger partial charge in [0.25, 0.3) is 0 Å². The molecule has 5 heteroatoms. The molecule has 0 aliphatic carbocycles. The number of nitrogens with zero attached hydrogens (tertiary/aromatic N) is 3. The lowest BCUT2D eigenvalue weighted by Gasteiger charge is -2.42. The summed E-state index contributed by atoms with van der Waals surface area (Å²) in [6.45, 7) is 6.73. The van der Waals surface area contributed by atoms with Gasteiger partial charge in [-0.1, -0.05) is 12.1 Å². The molecule has 5 nitrogen and oxygen atoms in total. The SMILES string of the molecule is CN1CCN(C2CCN(c3ccc4ccc(O)c(CO)c4c3)CC2)CC1. The molecular formula is C21H29N3O2. The average molecular weight is 355 g/mol. The zero-order chi connectivity index (χ0) is 18.1. The van der Waals surface area contributed by atoms with Crippen LogP contribution in [-0.2, 0) is 6.61 Å². The van der Waals surface area contributed by atoms with Crippen LogP contribution in [-0.4, -0.2) is 72.4 Å². The fourth-order valence-electron chi connectivity index (χ4n) is 4.40. The molecule has 2 aliphatic heterocycles. The molecule has 0 aromatic heterocycles. The number of anilines is 1. The van der Waals surface area contributed by atoms with E-state index in [-0.39, 0.29) is 12.4 Å². The van der Waals surface area contributed by atoms with Crippen LogP contribution in [0.4, 0.5) is 5.69 Å². The monoisotopic (exact) mass is 355 g/mol. The van der Waals surface area contributed by atoms with E-state index in [0.717, 1.165) is 23.9 Å². The predicted octanol–water partition coefficient (Wildman–Crippen LogP) is 2.25. The van der Waals surface area contributed by atoms with Crippen LogP contribution >= 0.6 is 0 Å². The van der Waals surface area contributed by atoms with E-state index >= 15 is 0 Å². The van der Waals surface area contributed by atoms with Crippen molar-refractivity contribution in [2.45, 2.75) is 25.5 Å². The Morgan fingerprint density at radius 2 is 1.65 bits per heavy atom. The largest absolute Gasteiger partial charge is 0.508 e. The van der Waals surface area contributed by atoms with E-state index < -0.39 is 0 Å². The number of hydrogen-bond acceptors (Lipinski definition) is 5. The molecule has 2 aliphatic rings. The second kappa shape index (κ2) is 7.43. The summed E-state index contributed by atoms with van der Waals surface area (Å²) in [5.41, 5.74) is 1.81. The number of rotatable bonds is 3. The van der Waals surface area contributed by atoms with Crippen LogP contribution in [0, 0.1) is 0 Å². The number of aromatic hydroxyl groups is 1. The Balaban J connectivity index is 1.47. The lowest BCUT2D eigenvalue weighted by atomic mass is 9.99. The van der Waals surface area contributed by atoms with Crippen LogP contribution < -0.4 is 4.90 Å². The summed E-state index contributed by atoms with van der Waals surface area (Å²) in [5.74, 6) is 0.172. The maximum absolute atomic E-state index is 10.0. The van der Waals surface area contributed by atoms with Crippen LogP contribution in [0.25, 0.3) is 10.8 Å². The van der Waals surface area contributed by atoms with Crippen molar-refractivity contribution in [2.24, 2.45) is 0 Å². The molecule has 0 spiro atoms. The summed E-state index contributed by atoms with van der Waals surface area (Å²) in [6.07, 6.45) is 2.41. The highest BCUT2D eigenvalue weighted by atomic mass is 16.3. The zero-order valence-electron chi connectivity index (χ0n) is 15.6. The Bertz CT molecular complexity index is 763. The molecule has 0 saturated carbocycles. The van der Waals surface area contributed by atoms with Gasteiger partial charge < -0.3 is 20.0 Å². The molecule has 0 radical (unpaired) electrons. The number of piperidine rings is 1. The minimum absolute atomic E-state index is 0.141. The first kappa shape index (κ1) is 17.6. The molecule has 2 saturated heterocycles. The number of phenols is 1. The van der Waals surface area contributed by atoms with Crippen LogP contribution in [0.5, 0.6) is 5.75 Å². The van der Waals surface area contributed by atoms with Crippen molar-refractivity contribution in [3.05, 3.63) is 35.9 Å². The number of aliphatic hydroxyl groups excluding tert-OH is 1. The number of hydrogen-bond donors (Lipinski definition) is 2. The molecule has 2 fully saturated rings. The number of piperazine rings is 1. The van der Waals surface area contributed by atoms with Crippen LogP contribution in [0.2, 0.25) is 0 Å². The second-order valence-electron chi connectivity index (χ2n) is 7.68. The van der Waals surface area contributed by atoms with E-state index in [9.17, 15) is 10.2 Å². The highest BCUT2D eigenvalue weighted by molar-refractivity contribution is 5.90. The zero-order valence-corrected chi connectivity index (χ0v) is 15.6. The number of likely N-dealkylation sites (N-methyl/N-ethyl adjacent to an activating group) is 1. The second-order valence-corrected chi connectivity index (χ2v) is 7.68. The first-order chi connectivity index (χ1) is 12.7. The van der Waals surface area contributed by atoms with Gasteiger partial charge in [-0.05, 0) is 48.9 Å². The molecule has 140 valence electrons. The highest BCUT2D eigenvalue weighted by Gasteiger charge is 2.26. The van der Waals surface area contributed by atoms with Gasteiger partial charge in [0, 0.05) is 56.6 Å². The molecule has 0 atom stereocenters. The van der Waals surface area contributed by atoms with Gasteiger partial charge in [0.1, 0.15) is 5.75 Å². The summed E-state index contributed by atoms with van der Waals surface area (Å²) < 4.78 is 0. The van der Waals surface area contributed by atoms with Gasteiger partial charge in [-0.3, -0.25) is 4.90 Å². The van der Waals surface area contributed by atoms with E-state index in [4.69, 9.17) is 0 Å². The summed E-state index contributed by atoms with van der Waals surface area (Å²) >= 11 is 0. The summed E-state index contributed by atoms with van der Waals surface area (Å²) in [6, 6.07) is 10.7. The molecule has 2 aromatic carbocycles. The minimum atomic E-state index is -0.141. The molecule has 26 heavy (non-hydrogen) atoms. The molecule has 0 bridgehead atoms. The van der Waals surface area contributed by atoms with Gasteiger partial charge in [0.2, 0.25) is 0 Å². The van der Waals surface area contributed by atoms with E-state index in [1.807, 2.05) is 6.07 Å². The van der Waals surface area contributed by atoms with Gasteiger partial charge >= 0.3 is 0 Å². The van der Waals surface area contributed by atoms with E-state index in [2.05, 4.69) is 39.9 Å². The van der Waals surface area contributed by atoms with E-state index in [1.54, 1.807) is 6.07 Å². The Labute approximate surface area is 155 Å². The molecule has 2 N–H and O–H groups in total. The standard InChI is InChI=1S/C21H29N3O2/c1-22-10-12-24(13-11-22)17-6-8-23(9-7-17)18-4-2-16-3-5-21(26)20(15-25)19(16)14-18/h2-5,14,17,25-26H,6-13,15H2,1H3. The van der Waals surface area contributed by atoms with Gasteiger partial charge in [-0.2, -0.15) is 0 Å². The van der Waals surface area contributed by atoms with Gasteiger partial charge in [0.05, 0.1) is 6.61 Å². The van der Waals surface area contributed by atoms with Gasteiger partial charge in [-0.15, -0.1) is 0 Å². The van der Waals surface area contributed by atoms with Crippen molar-refractivity contribution >= 4 is 16.5 Å². The lowest BCUT2D eigenvalue weighted by molar-refractivity contribution is 0.0982. The third-order valence-corrected chi connectivity index (χ3v) is 6.13. The van der Waals surface area contributed by atoms with Crippen LogP contribution in [0.1, 0.15) is 18.4 Å². The van der Waals surface area contributed by atoms with Crippen molar-refractivity contribution in [3.8, 4) is 5.75 Å². The Morgan fingerprint density at radius 3 is 2.35 bits per heavy atom. The minimum Gasteiger partial charge on any atom is -0.508 e. The fraction of sp³-hybridized carbons (Fsp3) is 0.524. The smallest absolute Gasteiger partial charge is 0.121 e. The predicted molar refractivity (Wildman–Crippen MR) is 106 cm³/mol. The molecule has 4 rings (SSSR count). The third kappa shape index (κ3) is 3.39. The Hall–Kier alpha value is -1.82. The third-order valence-electron chi connectivity index (χ3n) is 6.13. The molecule has 0 unspecified atom stereocenters. The number of benzene rings is 2. The Kier molecular flexibility index (Phi) is 5.02. The van der Waals surface area contributed by atoms with E-state index in [1.165, 1.54) is 44.7 Å². The molecule has 2 heterocycles. The van der Waals surface area contributed by atoms with Crippen molar-refractivity contribution in [1.82, 2.24) is 9.80 Å².